The molecular weight excluding hydrogens is 273 g/mol. The number of halogens is 1. The highest BCUT2D eigenvalue weighted by Gasteiger charge is 2.23. The number of rotatable bonds is 2. The Hall–Kier alpha value is -1.46. The molecule has 0 bridgehead atoms. The second kappa shape index (κ2) is 4.82. The molecule has 0 radical (unpaired) electrons. The number of hydrogen-bond donors (Lipinski definition) is 1. The lowest BCUT2D eigenvalue weighted by Gasteiger charge is -2.17. The highest BCUT2D eigenvalue weighted by atomic mass is 32.1. The number of aromatic nitrogens is 1. The van der Waals surface area contributed by atoms with Gasteiger partial charge in [0.25, 0.3) is 0 Å². The first-order valence-electron chi connectivity index (χ1n) is 7.02. The minimum Gasteiger partial charge on any atom is -0.364 e. The summed E-state index contributed by atoms with van der Waals surface area (Å²) in [4.78, 5) is 8.36. The third-order valence-corrected chi connectivity index (χ3v) is 5.12. The van der Waals surface area contributed by atoms with Crippen LogP contribution in [0.5, 0.6) is 0 Å². The van der Waals surface area contributed by atoms with E-state index in [1.165, 1.54) is 10.6 Å². The van der Waals surface area contributed by atoms with E-state index in [2.05, 4.69) is 10.2 Å². The summed E-state index contributed by atoms with van der Waals surface area (Å²) in [6, 6.07) is 5.36. The zero-order valence-corrected chi connectivity index (χ0v) is 12.0. The van der Waals surface area contributed by atoms with Crippen LogP contribution in [-0.2, 0) is 25.9 Å². The largest absolute Gasteiger partial charge is 0.364 e. The zero-order valence-electron chi connectivity index (χ0n) is 11.2. The van der Waals surface area contributed by atoms with Gasteiger partial charge in [-0.1, -0.05) is 6.07 Å². The van der Waals surface area contributed by atoms with Crippen molar-refractivity contribution >= 4 is 17.0 Å². The van der Waals surface area contributed by atoms with Crippen LogP contribution in [0.1, 0.15) is 21.1 Å². The standard InChI is InChI=1S/C15H16FN3S/c16-11-2-1-3-13-10(11)5-7-19(13)9-15-18-12-4-6-17-8-14(12)20-15/h1-3,17H,4-9H2. The average molecular weight is 289 g/mol. The minimum absolute atomic E-state index is 0.0763. The second-order valence-electron chi connectivity index (χ2n) is 5.31. The van der Waals surface area contributed by atoms with Crippen molar-refractivity contribution in [3.63, 3.8) is 0 Å². The summed E-state index contributed by atoms with van der Waals surface area (Å²) in [6.07, 6.45) is 1.83. The number of anilines is 1. The van der Waals surface area contributed by atoms with E-state index in [1.54, 1.807) is 23.5 Å². The van der Waals surface area contributed by atoms with Crippen molar-refractivity contribution in [1.82, 2.24) is 10.3 Å². The van der Waals surface area contributed by atoms with Gasteiger partial charge in [-0.2, -0.15) is 0 Å². The number of hydrogen-bond acceptors (Lipinski definition) is 4. The summed E-state index contributed by atoms with van der Waals surface area (Å²) >= 11 is 1.79. The predicted molar refractivity (Wildman–Crippen MR) is 78.7 cm³/mol. The first kappa shape index (κ1) is 12.3. The summed E-state index contributed by atoms with van der Waals surface area (Å²) in [7, 11) is 0. The van der Waals surface area contributed by atoms with Gasteiger partial charge in [0.05, 0.1) is 12.2 Å². The van der Waals surface area contributed by atoms with Crippen LogP contribution in [0, 0.1) is 5.82 Å². The number of fused-ring (bicyclic) bond motifs is 2. The van der Waals surface area contributed by atoms with Gasteiger partial charge in [0, 0.05) is 42.2 Å². The molecule has 1 aromatic heterocycles. The molecule has 0 spiro atoms. The summed E-state index contributed by atoms with van der Waals surface area (Å²) in [5.41, 5.74) is 3.15. The fourth-order valence-electron chi connectivity index (χ4n) is 3.03. The van der Waals surface area contributed by atoms with Gasteiger partial charge in [-0.15, -0.1) is 11.3 Å². The Kier molecular flexibility index (Phi) is 2.97. The van der Waals surface area contributed by atoms with Crippen LogP contribution in [0.3, 0.4) is 0 Å². The molecule has 2 aliphatic heterocycles. The van der Waals surface area contributed by atoms with E-state index in [4.69, 9.17) is 4.98 Å². The quantitative estimate of drug-likeness (QED) is 0.920. The molecule has 0 amide bonds. The van der Waals surface area contributed by atoms with E-state index in [9.17, 15) is 4.39 Å². The molecule has 5 heteroatoms. The fourth-order valence-corrected chi connectivity index (χ4v) is 4.13. The van der Waals surface area contributed by atoms with Crippen molar-refractivity contribution < 1.29 is 4.39 Å². The molecule has 0 saturated carbocycles. The van der Waals surface area contributed by atoms with Gasteiger partial charge in [0.15, 0.2) is 0 Å². The van der Waals surface area contributed by atoms with Crippen molar-refractivity contribution in [2.75, 3.05) is 18.0 Å². The Morgan fingerprint density at radius 1 is 1.35 bits per heavy atom. The molecule has 0 unspecified atom stereocenters. The van der Waals surface area contributed by atoms with Crippen LogP contribution in [-0.4, -0.2) is 18.1 Å². The van der Waals surface area contributed by atoms with Gasteiger partial charge in [-0.3, -0.25) is 0 Å². The maximum Gasteiger partial charge on any atom is 0.128 e. The maximum atomic E-state index is 13.7. The van der Waals surface area contributed by atoms with Crippen molar-refractivity contribution in [3.8, 4) is 0 Å². The Balaban J connectivity index is 1.59. The molecule has 2 aliphatic rings. The third-order valence-electron chi connectivity index (χ3n) is 4.04. The van der Waals surface area contributed by atoms with Crippen molar-refractivity contribution in [1.29, 1.82) is 0 Å². The van der Waals surface area contributed by atoms with Crippen LogP contribution >= 0.6 is 11.3 Å². The SMILES string of the molecule is Fc1cccc2c1CCN2Cc1nc2c(s1)CNCC2. The van der Waals surface area contributed by atoms with Crippen LogP contribution < -0.4 is 10.2 Å². The molecule has 2 aromatic rings. The number of benzene rings is 1. The molecule has 20 heavy (non-hydrogen) atoms. The van der Waals surface area contributed by atoms with Gasteiger partial charge >= 0.3 is 0 Å². The van der Waals surface area contributed by atoms with E-state index in [0.29, 0.717) is 0 Å². The molecule has 0 saturated heterocycles. The van der Waals surface area contributed by atoms with E-state index >= 15 is 0 Å². The Morgan fingerprint density at radius 3 is 3.20 bits per heavy atom. The third kappa shape index (κ3) is 2.01. The molecule has 0 aliphatic carbocycles. The van der Waals surface area contributed by atoms with Crippen LogP contribution in [0.25, 0.3) is 0 Å². The first-order valence-corrected chi connectivity index (χ1v) is 7.83. The molecule has 104 valence electrons. The fraction of sp³-hybridized carbons (Fsp3) is 0.400. The lowest BCUT2D eigenvalue weighted by atomic mass is 10.1. The average Bonchev–Trinajstić information content (AvgIpc) is 3.04. The Morgan fingerprint density at radius 2 is 2.30 bits per heavy atom. The lowest BCUT2D eigenvalue weighted by molar-refractivity contribution is 0.615. The molecule has 0 atom stereocenters. The highest BCUT2D eigenvalue weighted by molar-refractivity contribution is 7.11. The number of nitrogens with zero attached hydrogens (tertiary/aromatic N) is 2. The molecular formula is C15H16FN3S. The van der Waals surface area contributed by atoms with E-state index in [1.807, 2.05) is 6.07 Å². The van der Waals surface area contributed by atoms with Crippen molar-refractivity contribution in [2.45, 2.75) is 25.9 Å². The summed E-state index contributed by atoms with van der Waals surface area (Å²) in [5.74, 6) is -0.0763. The second-order valence-corrected chi connectivity index (χ2v) is 6.48. The van der Waals surface area contributed by atoms with Gasteiger partial charge in [0.2, 0.25) is 0 Å². The number of thiazole rings is 1. The monoisotopic (exact) mass is 289 g/mol. The number of nitrogens with one attached hydrogen (secondary N) is 1. The normalized spacial score (nSPS) is 17.1. The summed E-state index contributed by atoms with van der Waals surface area (Å²) < 4.78 is 13.7. The minimum atomic E-state index is -0.0763. The smallest absolute Gasteiger partial charge is 0.128 e. The molecule has 4 rings (SSSR count). The van der Waals surface area contributed by atoms with E-state index < -0.39 is 0 Å². The maximum absolute atomic E-state index is 13.7. The van der Waals surface area contributed by atoms with Gasteiger partial charge in [-0.25, -0.2) is 9.37 Å². The Bertz CT molecular complexity index is 629. The van der Waals surface area contributed by atoms with Crippen LogP contribution in [0.4, 0.5) is 10.1 Å². The molecule has 1 aromatic carbocycles. The first-order chi connectivity index (χ1) is 9.81. The van der Waals surface area contributed by atoms with Gasteiger partial charge < -0.3 is 10.2 Å². The van der Waals surface area contributed by atoms with E-state index in [0.717, 1.165) is 55.3 Å². The van der Waals surface area contributed by atoms with Crippen molar-refractivity contribution in [2.24, 2.45) is 0 Å². The van der Waals surface area contributed by atoms with E-state index in [-0.39, 0.29) is 5.82 Å². The topological polar surface area (TPSA) is 28.2 Å². The summed E-state index contributed by atoms with van der Waals surface area (Å²) in [6.45, 7) is 3.65. The lowest BCUT2D eigenvalue weighted by Crippen LogP contribution is -2.22. The summed E-state index contributed by atoms with van der Waals surface area (Å²) in [5, 5.41) is 4.53. The molecule has 0 fully saturated rings. The van der Waals surface area contributed by atoms with Crippen LogP contribution in [0.15, 0.2) is 18.2 Å². The highest BCUT2D eigenvalue weighted by Crippen LogP contribution is 2.32. The van der Waals surface area contributed by atoms with Crippen molar-refractivity contribution in [3.05, 3.63) is 45.2 Å². The predicted octanol–water partition coefficient (Wildman–Crippen LogP) is 2.49. The van der Waals surface area contributed by atoms with Gasteiger partial charge in [0.1, 0.15) is 10.8 Å². The zero-order chi connectivity index (χ0) is 13.5. The van der Waals surface area contributed by atoms with Gasteiger partial charge in [-0.05, 0) is 18.6 Å². The Labute approximate surface area is 121 Å². The van der Waals surface area contributed by atoms with Crippen LogP contribution in [0.2, 0.25) is 0 Å². The molecule has 1 N–H and O–H groups in total. The molecule has 3 nitrogen and oxygen atoms in total. The molecule has 3 heterocycles.